The number of hydrogen-bond acceptors (Lipinski definition) is 6. The molecule has 0 aliphatic heterocycles. The fraction of sp³-hybridized carbons (Fsp3) is 0.500. The van der Waals surface area contributed by atoms with E-state index in [1.807, 2.05) is 6.92 Å². The van der Waals surface area contributed by atoms with Crippen LogP contribution >= 0.6 is 0 Å². The van der Waals surface area contributed by atoms with Crippen molar-refractivity contribution in [2.24, 2.45) is 0 Å². The fourth-order valence-corrected chi connectivity index (χ4v) is 1.73. The lowest BCUT2D eigenvalue weighted by molar-refractivity contribution is -0.385. The summed E-state index contributed by atoms with van der Waals surface area (Å²) in [6.45, 7) is 4.41. The Morgan fingerprint density at radius 3 is 2.74 bits per heavy atom. The molecule has 0 aromatic carbocycles. The number of ether oxygens (including phenoxy) is 1. The van der Waals surface area contributed by atoms with Gasteiger partial charge in [0.1, 0.15) is 18.6 Å². The summed E-state index contributed by atoms with van der Waals surface area (Å²) in [6, 6.07) is 1.45. The van der Waals surface area contributed by atoms with Crippen LogP contribution in [0.1, 0.15) is 18.9 Å². The van der Waals surface area contributed by atoms with Gasteiger partial charge in [-0.2, -0.15) is 0 Å². The number of aromatic nitrogens is 1. The van der Waals surface area contributed by atoms with Crippen LogP contribution in [0, 0.1) is 17.0 Å². The molecule has 1 heterocycles. The van der Waals surface area contributed by atoms with Crippen LogP contribution in [0.4, 0.5) is 11.5 Å². The lowest BCUT2D eigenvalue weighted by atomic mass is 10.2. The molecule has 0 saturated carbocycles. The lowest BCUT2D eigenvalue weighted by Gasteiger charge is -2.23. The van der Waals surface area contributed by atoms with Crippen LogP contribution in [0.2, 0.25) is 0 Å². The lowest BCUT2D eigenvalue weighted by Crippen LogP contribution is -2.32. The van der Waals surface area contributed by atoms with Crippen molar-refractivity contribution in [2.75, 3.05) is 25.1 Å². The summed E-state index contributed by atoms with van der Waals surface area (Å²) in [7, 11) is 1.32. The van der Waals surface area contributed by atoms with Gasteiger partial charge >= 0.3 is 5.97 Å². The number of nitro groups is 1. The predicted octanol–water partition coefficient (Wildman–Crippen LogP) is 1.69. The van der Waals surface area contributed by atoms with Crippen LogP contribution in [0.5, 0.6) is 0 Å². The van der Waals surface area contributed by atoms with Crippen molar-refractivity contribution in [3.63, 3.8) is 0 Å². The first-order valence-corrected chi connectivity index (χ1v) is 5.92. The molecule has 0 N–H and O–H groups in total. The number of hydrogen-bond donors (Lipinski definition) is 0. The Morgan fingerprint density at radius 1 is 1.58 bits per heavy atom. The number of carbonyl (C=O) groups is 1. The highest BCUT2D eigenvalue weighted by molar-refractivity contribution is 5.75. The van der Waals surface area contributed by atoms with Crippen molar-refractivity contribution in [2.45, 2.75) is 20.3 Å². The molecule has 0 saturated heterocycles. The Morgan fingerprint density at radius 2 is 2.26 bits per heavy atom. The smallest absolute Gasteiger partial charge is 0.325 e. The molecule has 1 aromatic rings. The first-order chi connectivity index (χ1) is 8.99. The van der Waals surface area contributed by atoms with E-state index in [0.717, 1.165) is 6.42 Å². The highest BCUT2D eigenvalue weighted by Crippen LogP contribution is 2.21. The van der Waals surface area contributed by atoms with Gasteiger partial charge in [0, 0.05) is 12.6 Å². The first kappa shape index (κ1) is 14.9. The number of nitrogens with zero attached hydrogens (tertiary/aromatic N) is 3. The van der Waals surface area contributed by atoms with Gasteiger partial charge < -0.3 is 9.64 Å². The number of aryl methyl sites for hydroxylation is 1. The molecular weight excluding hydrogens is 250 g/mol. The number of methoxy groups -OCH3 is 1. The minimum absolute atomic E-state index is 0.0595. The Kier molecular flexibility index (Phi) is 5.23. The monoisotopic (exact) mass is 267 g/mol. The van der Waals surface area contributed by atoms with E-state index in [1.165, 1.54) is 19.4 Å². The Balaban J connectivity index is 3.02. The zero-order chi connectivity index (χ0) is 14.4. The topological polar surface area (TPSA) is 85.6 Å². The second-order valence-corrected chi connectivity index (χ2v) is 4.09. The molecule has 1 rings (SSSR count). The van der Waals surface area contributed by atoms with Gasteiger partial charge in [-0.05, 0) is 18.9 Å². The standard InChI is InChI=1S/C12H17N3O4/c1-4-5-14(8-11(16)19-3)12-9(2)6-10(7-13-12)15(17)18/h6-7H,4-5,8H2,1-3H3. The minimum atomic E-state index is -0.492. The van der Waals surface area contributed by atoms with E-state index in [9.17, 15) is 14.9 Å². The molecule has 19 heavy (non-hydrogen) atoms. The van der Waals surface area contributed by atoms with Gasteiger partial charge in [-0.1, -0.05) is 6.92 Å². The van der Waals surface area contributed by atoms with Gasteiger partial charge in [0.05, 0.1) is 12.0 Å². The van der Waals surface area contributed by atoms with Crippen LogP contribution < -0.4 is 4.90 Å². The zero-order valence-electron chi connectivity index (χ0n) is 11.3. The van der Waals surface area contributed by atoms with E-state index in [4.69, 9.17) is 0 Å². The maximum Gasteiger partial charge on any atom is 0.325 e. The molecule has 0 aliphatic rings. The zero-order valence-corrected chi connectivity index (χ0v) is 11.3. The van der Waals surface area contributed by atoms with Gasteiger partial charge in [0.25, 0.3) is 5.69 Å². The molecule has 0 atom stereocenters. The average Bonchev–Trinajstić information content (AvgIpc) is 2.37. The van der Waals surface area contributed by atoms with Crippen molar-refractivity contribution in [1.29, 1.82) is 0 Å². The molecule has 7 nitrogen and oxygen atoms in total. The quantitative estimate of drug-likeness (QED) is 0.443. The number of rotatable bonds is 6. The highest BCUT2D eigenvalue weighted by atomic mass is 16.6. The molecule has 0 spiro atoms. The second-order valence-electron chi connectivity index (χ2n) is 4.09. The van der Waals surface area contributed by atoms with E-state index >= 15 is 0 Å². The molecule has 0 amide bonds. The maximum absolute atomic E-state index is 11.4. The van der Waals surface area contributed by atoms with Crippen LogP contribution in [0.25, 0.3) is 0 Å². The molecule has 7 heteroatoms. The van der Waals surface area contributed by atoms with Crippen molar-refractivity contribution >= 4 is 17.5 Å². The van der Waals surface area contributed by atoms with Gasteiger partial charge in [0.15, 0.2) is 0 Å². The van der Waals surface area contributed by atoms with Gasteiger partial charge in [-0.15, -0.1) is 0 Å². The summed E-state index contributed by atoms with van der Waals surface area (Å²) >= 11 is 0. The van der Waals surface area contributed by atoms with Gasteiger partial charge in [-0.3, -0.25) is 14.9 Å². The maximum atomic E-state index is 11.4. The third-order valence-electron chi connectivity index (χ3n) is 2.59. The van der Waals surface area contributed by atoms with E-state index in [-0.39, 0.29) is 18.2 Å². The molecular formula is C12H17N3O4. The molecule has 0 aliphatic carbocycles. The summed E-state index contributed by atoms with van der Waals surface area (Å²) < 4.78 is 4.63. The number of esters is 1. The highest BCUT2D eigenvalue weighted by Gasteiger charge is 2.17. The second kappa shape index (κ2) is 6.67. The number of pyridine rings is 1. The normalized spacial score (nSPS) is 10.1. The molecule has 1 aromatic heterocycles. The van der Waals surface area contributed by atoms with Crippen LogP contribution in [-0.2, 0) is 9.53 Å². The Bertz CT molecular complexity index is 476. The largest absolute Gasteiger partial charge is 0.468 e. The third kappa shape index (κ3) is 3.90. The molecule has 104 valence electrons. The summed E-state index contributed by atoms with van der Waals surface area (Å²) in [5.74, 6) is 0.200. The number of anilines is 1. The van der Waals surface area contributed by atoms with Crippen LogP contribution in [-0.4, -0.2) is 36.1 Å². The SMILES string of the molecule is CCCN(CC(=O)OC)c1ncc([N+](=O)[O-])cc1C. The van der Waals surface area contributed by atoms with Crippen LogP contribution in [0.3, 0.4) is 0 Å². The molecule has 0 radical (unpaired) electrons. The van der Waals surface area contributed by atoms with Gasteiger partial charge in [-0.25, -0.2) is 4.98 Å². The first-order valence-electron chi connectivity index (χ1n) is 5.92. The minimum Gasteiger partial charge on any atom is -0.468 e. The van der Waals surface area contributed by atoms with E-state index in [2.05, 4.69) is 9.72 Å². The average molecular weight is 267 g/mol. The van der Waals surface area contributed by atoms with E-state index in [1.54, 1.807) is 11.8 Å². The van der Waals surface area contributed by atoms with E-state index < -0.39 is 4.92 Å². The van der Waals surface area contributed by atoms with Crippen LogP contribution in [0.15, 0.2) is 12.3 Å². The molecule has 0 fully saturated rings. The van der Waals surface area contributed by atoms with Crippen molar-refractivity contribution in [3.8, 4) is 0 Å². The Labute approximate surface area is 111 Å². The Hall–Kier alpha value is -2.18. The summed E-state index contributed by atoms with van der Waals surface area (Å²) in [5.41, 5.74) is 0.599. The third-order valence-corrected chi connectivity index (χ3v) is 2.59. The number of carbonyl (C=O) groups excluding carboxylic acids is 1. The molecule has 0 unspecified atom stereocenters. The fourth-order valence-electron chi connectivity index (χ4n) is 1.73. The molecule has 0 bridgehead atoms. The summed E-state index contributed by atoms with van der Waals surface area (Å²) in [4.78, 5) is 27.4. The van der Waals surface area contributed by atoms with Crippen molar-refractivity contribution in [1.82, 2.24) is 4.98 Å². The van der Waals surface area contributed by atoms with Crippen molar-refractivity contribution < 1.29 is 14.5 Å². The summed E-state index contributed by atoms with van der Waals surface area (Å²) in [6.07, 6.45) is 2.03. The van der Waals surface area contributed by atoms with Gasteiger partial charge in [0.2, 0.25) is 0 Å². The summed E-state index contributed by atoms with van der Waals surface area (Å²) in [5, 5.41) is 10.7. The van der Waals surface area contributed by atoms with Crippen molar-refractivity contribution in [3.05, 3.63) is 27.9 Å². The van der Waals surface area contributed by atoms with E-state index in [0.29, 0.717) is 17.9 Å². The predicted molar refractivity (Wildman–Crippen MR) is 70.1 cm³/mol.